The fourth-order valence-corrected chi connectivity index (χ4v) is 5.14. The Morgan fingerprint density at radius 3 is 2.52 bits per heavy atom. The van der Waals surface area contributed by atoms with E-state index in [0.717, 1.165) is 0 Å². The van der Waals surface area contributed by atoms with Crippen molar-refractivity contribution >= 4 is 32.0 Å². The second-order valence-electron chi connectivity index (χ2n) is 7.15. The van der Waals surface area contributed by atoms with Gasteiger partial charge in [0.05, 0.1) is 12.0 Å². The number of carboxylic acid groups (broad SMARTS) is 1. The fraction of sp³-hybridized carbons (Fsp3) is 0.714. The lowest BCUT2D eigenvalue weighted by atomic mass is 9.92. The van der Waals surface area contributed by atoms with E-state index in [1.165, 1.54) is 16.7 Å². The zero-order valence-electron chi connectivity index (χ0n) is 13.3. The molecular formula is C14H23NO4SSi. The van der Waals surface area contributed by atoms with Gasteiger partial charge in [0, 0.05) is 5.41 Å². The van der Waals surface area contributed by atoms with Gasteiger partial charge in [-0.25, -0.2) is 4.79 Å². The molecule has 1 unspecified atom stereocenters. The van der Waals surface area contributed by atoms with Gasteiger partial charge in [-0.1, -0.05) is 20.8 Å². The highest BCUT2D eigenvalue weighted by molar-refractivity contribution is 8.03. The number of amides is 1. The van der Waals surface area contributed by atoms with Crippen LogP contribution in [0.25, 0.3) is 0 Å². The van der Waals surface area contributed by atoms with Gasteiger partial charge in [-0.3, -0.25) is 9.69 Å². The van der Waals surface area contributed by atoms with E-state index in [1.54, 1.807) is 5.41 Å². The standard InChI is InChI=1S/C14H23NO4SSi/c1-8(19-21(5,6)14(2,3)4)10-11(16)15-9(13(17)18)7-20-12(10)15/h7-8,10,12H,1-6H3,(H,17,18)/t8-,10?,12-/m1/s1. The van der Waals surface area contributed by atoms with Crippen molar-refractivity contribution in [3.8, 4) is 0 Å². The van der Waals surface area contributed by atoms with Crippen molar-refractivity contribution < 1.29 is 19.1 Å². The molecule has 2 aliphatic rings. The molecule has 7 heteroatoms. The zero-order chi connectivity index (χ0) is 16.2. The molecular weight excluding hydrogens is 306 g/mol. The predicted molar refractivity (Wildman–Crippen MR) is 85.2 cm³/mol. The van der Waals surface area contributed by atoms with Crippen molar-refractivity contribution in [1.29, 1.82) is 0 Å². The van der Waals surface area contributed by atoms with Gasteiger partial charge in [0.15, 0.2) is 8.32 Å². The minimum atomic E-state index is -1.94. The van der Waals surface area contributed by atoms with E-state index in [-0.39, 0.29) is 34.0 Å². The van der Waals surface area contributed by atoms with Gasteiger partial charge in [0.1, 0.15) is 11.1 Å². The molecule has 2 heterocycles. The SMILES string of the molecule is C[C@@H](O[Si](C)(C)C(C)(C)C)C1C(=O)N2C(C(=O)O)=CS[C@H]12. The van der Waals surface area contributed by atoms with Crippen LogP contribution in [0.4, 0.5) is 0 Å². The maximum Gasteiger partial charge on any atom is 0.353 e. The summed E-state index contributed by atoms with van der Waals surface area (Å²) in [6.45, 7) is 12.7. The van der Waals surface area contributed by atoms with Crippen LogP contribution in [0.2, 0.25) is 18.1 Å². The van der Waals surface area contributed by atoms with Crippen molar-refractivity contribution in [3.05, 3.63) is 11.1 Å². The summed E-state index contributed by atoms with van der Waals surface area (Å²) >= 11 is 1.40. The van der Waals surface area contributed by atoms with E-state index < -0.39 is 14.3 Å². The van der Waals surface area contributed by atoms with Crippen LogP contribution in [0.3, 0.4) is 0 Å². The van der Waals surface area contributed by atoms with Crippen molar-refractivity contribution in [1.82, 2.24) is 4.90 Å². The Morgan fingerprint density at radius 2 is 2.05 bits per heavy atom. The van der Waals surface area contributed by atoms with E-state index >= 15 is 0 Å². The van der Waals surface area contributed by atoms with Gasteiger partial charge in [0.25, 0.3) is 0 Å². The molecule has 118 valence electrons. The van der Waals surface area contributed by atoms with Crippen LogP contribution in [-0.2, 0) is 14.0 Å². The molecule has 0 aromatic carbocycles. The summed E-state index contributed by atoms with van der Waals surface area (Å²) in [5.74, 6) is -1.43. The van der Waals surface area contributed by atoms with Crippen LogP contribution < -0.4 is 0 Å². The van der Waals surface area contributed by atoms with Crippen molar-refractivity contribution in [2.24, 2.45) is 5.92 Å². The summed E-state index contributed by atoms with van der Waals surface area (Å²) in [6.07, 6.45) is -0.186. The maximum absolute atomic E-state index is 12.3. The lowest BCUT2D eigenvalue weighted by molar-refractivity contribution is -0.156. The first-order valence-corrected chi connectivity index (χ1v) is 10.9. The van der Waals surface area contributed by atoms with Gasteiger partial charge < -0.3 is 9.53 Å². The van der Waals surface area contributed by atoms with Crippen LogP contribution in [-0.4, -0.2) is 41.7 Å². The molecule has 5 nitrogen and oxygen atoms in total. The van der Waals surface area contributed by atoms with Crippen molar-refractivity contribution in [2.45, 2.75) is 57.3 Å². The van der Waals surface area contributed by atoms with Crippen molar-refractivity contribution in [2.75, 3.05) is 0 Å². The number of hydrogen-bond acceptors (Lipinski definition) is 4. The lowest BCUT2D eigenvalue weighted by Gasteiger charge is -2.48. The fourth-order valence-electron chi connectivity index (χ4n) is 2.38. The third kappa shape index (κ3) is 2.66. The highest BCUT2D eigenvalue weighted by Crippen LogP contribution is 2.48. The Morgan fingerprint density at radius 1 is 1.48 bits per heavy atom. The molecule has 0 aromatic rings. The number of fused-ring (bicyclic) bond motifs is 1. The molecule has 1 saturated heterocycles. The van der Waals surface area contributed by atoms with Crippen LogP contribution in [0.1, 0.15) is 27.7 Å². The van der Waals surface area contributed by atoms with Crippen LogP contribution in [0.15, 0.2) is 11.1 Å². The molecule has 3 atom stereocenters. The first-order valence-electron chi connectivity index (χ1n) is 7.07. The predicted octanol–water partition coefficient (Wildman–Crippen LogP) is 2.85. The molecule has 0 aliphatic carbocycles. The van der Waals surface area contributed by atoms with E-state index in [1.807, 2.05) is 6.92 Å². The molecule has 2 aliphatic heterocycles. The van der Waals surface area contributed by atoms with Gasteiger partial charge in [-0.15, -0.1) is 11.8 Å². The minimum absolute atomic E-state index is 0.0844. The lowest BCUT2D eigenvalue weighted by Crippen LogP contribution is -2.62. The first kappa shape index (κ1) is 16.6. The highest BCUT2D eigenvalue weighted by Gasteiger charge is 2.56. The number of thioether (sulfide) groups is 1. The minimum Gasteiger partial charge on any atom is -0.477 e. The maximum atomic E-state index is 12.3. The Bertz CT molecular complexity index is 512. The molecule has 0 spiro atoms. The molecule has 1 fully saturated rings. The number of rotatable bonds is 4. The molecule has 1 amide bonds. The van der Waals surface area contributed by atoms with Crippen LogP contribution >= 0.6 is 11.8 Å². The average Bonchev–Trinajstić information content (AvgIpc) is 2.66. The molecule has 2 rings (SSSR count). The Hall–Kier alpha value is -0.793. The summed E-state index contributed by atoms with van der Waals surface area (Å²) in [4.78, 5) is 24.7. The zero-order valence-corrected chi connectivity index (χ0v) is 15.2. The monoisotopic (exact) mass is 329 g/mol. The molecule has 0 saturated carbocycles. The normalized spacial score (nSPS) is 27.0. The third-order valence-electron chi connectivity index (χ3n) is 4.67. The van der Waals surface area contributed by atoms with Crippen LogP contribution in [0.5, 0.6) is 0 Å². The summed E-state index contributed by atoms with van der Waals surface area (Å²) in [7, 11) is -1.94. The number of carboxylic acids is 1. The number of β-lactam (4-membered cyclic amide) rings is 1. The Balaban J connectivity index is 2.06. The second kappa shape index (κ2) is 5.14. The van der Waals surface area contributed by atoms with Crippen LogP contribution in [0, 0.1) is 5.92 Å². The largest absolute Gasteiger partial charge is 0.477 e. The molecule has 0 aromatic heterocycles. The van der Waals surface area contributed by atoms with Gasteiger partial charge in [-0.05, 0) is 25.1 Å². The van der Waals surface area contributed by atoms with E-state index in [2.05, 4.69) is 33.9 Å². The molecule has 0 radical (unpaired) electrons. The second-order valence-corrected chi connectivity index (χ2v) is 12.9. The smallest absolute Gasteiger partial charge is 0.353 e. The molecule has 1 N–H and O–H groups in total. The van der Waals surface area contributed by atoms with Gasteiger partial charge in [0.2, 0.25) is 5.91 Å². The van der Waals surface area contributed by atoms with E-state index in [0.29, 0.717) is 0 Å². The van der Waals surface area contributed by atoms with Crippen molar-refractivity contribution in [3.63, 3.8) is 0 Å². The Kier molecular flexibility index (Phi) is 4.05. The summed E-state index contributed by atoms with van der Waals surface area (Å²) in [5.41, 5.74) is 0.0887. The average molecular weight is 329 g/mol. The number of carbonyl (C=O) groups is 2. The summed E-state index contributed by atoms with van der Waals surface area (Å²) < 4.78 is 6.29. The van der Waals surface area contributed by atoms with E-state index in [4.69, 9.17) is 9.53 Å². The summed E-state index contributed by atoms with van der Waals surface area (Å²) in [5, 5.41) is 10.6. The summed E-state index contributed by atoms with van der Waals surface area (Å²) in [6, 6.07) is 0. The molecule has 0 bridgehead atoms. The van der Waals surface area contributed by atoms with Gasteiger partial charge >= 0.3 is 5.97 Å². The highest BCUT2D eigenvalue weighted by atomic mass is 32.2. The number of aliphatic carboxylic acids is 1. The topological polar surface area (TPSA) is 66.8 Å². The third-order valence-corrected chi connectivity index (χ3v) is 10.4. The van der Waals surface area contributed by atoms with Gasteiger partial charge in [-0.2, -0.15) is 0 Å². The number of nitrogens with zero attached hydrogens (tertiary/aromatic N) is 1. The number of hydrogen-bond donors (Lipinski definition) is 1. The first-order chi connectivity index (χ1) is 9.47. The molecule has 21 heavy (non-hydrogen) atoms. The quantitative estimate of drug-likeness (QED) is 0.634. The number of carbonyl (C=O) groups excluding carboxylic acids is 1. The Labute approximate surface area is 130 Å². The van der Waals surface area contributed by atoms with E-state index in [9.17, 15) is 9.59 Å².